The average Bonchev–Trinajstić information content (AvgIpc) is 2.32. The Labute approximate surface area is 111 Å². The van der Waals surface area contributed by atoms with Crippen LogP contribution in [0.1, 0.15) is 19.8 Å². The zero-order valence-electron chi connectivity index (χ0n) is 10.4. The first-order valence-corrected chi connectivity index (χ1v) is 6.95. The van der Waals surface area contributed by atoms with E-state index < -0.39 is 5.82 Å². The molecule has 3 nitrogen and oxygen atoms in total. The molecule has 100 valence electrons. The Kier molecular flexibility index (Phi) is 6.75. The van der Waals surface area contributed by atoms with Crippen LogP contribution in [0.4, 0.5) is 10.1 Å². The van der Waals surface area contributed by atoms with Crippen molar-refractivity contribution in [3.63, 3.8) is 0 Å². The molecule has 0 aromatic heterocycles. The summed E-state index contributed by atoms with van der Waals surface area (Å²) in [5.74, 6) is 0.0532. The van der Waals surface area contributed by atoms with Crippen LogP contribution in [0.2, 0.25) is 0 Å². The number of carbonyl (C=O) groups excluding carboxylic acids is 1. The van der Waals surface area contributed by atoms with Crippen molar-refractivity contribution in [2.45, 2.75) is 25.0 Å². The van der Waals surface area contributed by atoms with E-state index in [1.807, 2.05) is 6.92 Å². The van der Waals surface area contributed by atoms with Crippen molar-refractivity contribution in [3.05, 3.63) is 30.1 Å². The largest absolute Gasteiger partial charge is 0.396 e. The van der Waals surface area contributed by atoms with Gasteiger partial charge in [0.15, 0.2) is 0 Å². The second kappa shape index (κ2) is 8.11. The maximum atomic E-state index is 13.3. The second-order valence-corrected chi connectivity index (χ2v) is 5.52. The molecule has 2 N–H and O–H groups in total. The summed E-state index contributed by atoms with van der Waals surface area (Å²) in [4.78, 5) is 11.6. The molecule has 0 aliphatic heterocycles. The minimum atomic E-state index is -0.424. The lowest BCUT2D eigenvalue weighted by molar-refractivity contribution is -0.115. The highest BCUT2D eigenvalue weighted by atomic mass is 32.2. The summed E-state index contributed by atoms with van der Waals surface area (Å²) in [6.07, 6.45) is 1.06. The first-order chi connectivity index (χ1) is 8.63. The van der Waals surface area contributed by atoms with Crippen molar-refractivity contribution < 1.29 is 14.3 Å². The smallest absolute Gasteiger partial charge is 0.225 e. The van der Waals surface area contributed by atoms with Gasteiger partial charge in [0.2, 0.25) is 5.91 Å². The van der Waals surface area contributed by atoms with Crippen molar-refractivity contribution >= 4 is 23.4 Å². The number of aliphatic hydroxyl groups is 1. The lowest BCUT2D eigenvalue weighted by Gasteiger charge is -2.09. The van der Waals surface area contributed by atoms with Gasteiger partial charge < -0.3 is 10.4 Å². The quantitative estimate of drug-likeness (QED) is 0.801. The number of amides is 1. The highest BCUT2D eigenvalue weighted by Gasteiger charge is 2.07. The molecule has 1 aromatic carbocycles. The van der Waals surface area contributed by atoms with E-state index >= 15 is 0 Å². The molecule has 0 bridgehead atoms. The Morgan fingerprint density at radius 2 is 2.22 bits per heavy atom. The molecule has 1 amide bonds. The van der Waals surface area contributed by atoms with E-state index in [2.05, 4.69) is 5.32 Å². The normalized spacial score (nSPS) is 12.2. The van der Waals surface area contributed by atoms with E-state index in [1.165, 1.54) is 12.1 Å². The molecule has 0 heterocycles. The Bertz CT molecular complexity index is 387. The van der Waals surface area contributed by atoms with Crippen LogP contribution in [0.25, 0.3) is 0 Å². The number of anilines is 1. The van der Waals surface area contributed by atoms with Gasteiger partial charge in [0.25, 0.3) is 0 Å². The predicted octanol–water partition coefficient (Wildman–Crippen LogP) is 2.66. The molecule has 1 atom stereocenters. The lowest BCUT2D eigenvalue weighted by atomic mass is 10.3. The summed E-state index contributed by atoms with van der Waals surface area (Å²) >= 11 is 1.63. The van der Waals surface area contributed by atoms with Crippen molar-refractivity contribution in [1.82, 2.24) is 0 Å². The fourth-order valence-electron chi connectivity index (χ4n) is 1.39. The van der Waals surface area contributed by atoms with E-state index in [0.29, 0.717) is 17.4 Å². The summed E-state index contributed by atoms with van der Waals surface area (Å²) in [6.45, 7) is 2.17. The van der Waals surface area contributed by atoms with Crippen molar-refractivity contribution in [1.29, 1.82) is 0 Å². The third kappa shape index (κ3) is 5.51. The fourth-order valence-corrected chi connectivity index (χ4v) is 2.37. The van der Waals surface area contributed by atoms with Gasteiger partial charge in [-0.25, -0.2) is 4.39 Å². The maximum absolute atomic E-state index is 13.3. The summed E-state index contributed by atoms with van der Waals surface area (Å²) in [5.41, 5.74) is 0.218. The van der Waals surface area contributed by atoms with Crippen LogP contribution in [0.3, 0.4) is 0 Å². The average molecular weight is 271 g/mol. The number of para-hydroxylation sites is 1. The molecular formula is C13H18FNO2S. The number of hydrogen-bond donors (Lipinski definition) is 2. The van der Waals surface area contributed by atoms with Crippen LogP contribution < -0.4 is 5.32 Å². The van der Waals surface area contributed by atoms with Crippen LogP contribution in [0, 0.1) is 5.82 Å². The molecule has 1 unspecified atom stereocenters. The summed E-state index contributed by atoms with van der Waals surface area (Å²) < 4.78 is 13.3. The highest BCUT2D eigenvalue weighted by molar-refractivity contribution is 7.99. The van der Waals surface area contributed by atoms with Crippen molar-refractivity contribution in [2.75, 3.05) is 17.7 Å². The lowest BCUT2D eigenvalue weighted by Crippen LogP contribution is -2.14. The number of halogens is 1. The molecule has 0 radical (unpaired) electrons. The second-order valence-electron chi connectivity index (χ2n) is 3.97. The Morgan fingerprint density at radius 3 is 2.89 bits per heavy atom. The molecule has 0 saturated carbocycles. The van der Waals surface area contributed by atoms with Crippen molar-refractivity contribution in [2.24, 2.45) is 0 Å². The van der Waals surface area contributed by atoms with Gasteiger partial charge in [0.05, 0.1) is 5.69 Å². The van der Waals surface area contributed by atoms with E-state index in [4.69, 9.17) is 5.11 Å². The van der Waals surface area contributed by atoms with Gasteiger partial charge in [0, 0.05) is 24.0 Å². The SMILES string of the molecule is CC(CCO)SCCC(=O)Nc1ccccc1F. The molecule has 0 aliphatic carbocycles. The summed E-state index contributed by atoms with van der Waals surface area (Å²) in [6, 6.07) is 6.11. The number of aliphatic hydroxyl groups excluding tert-OH is 1. The third-order valence-electron chi connectivity index (χ3n) is 2.42. The minimum Gasteiger partial charge on any atom is -0.396 e. The molecule has 1 aromatic rings. The van der Waals surface area contributed by atoms with Gasteiger partial charge in [-0.05, 0) is 18.6 Å². The Balaban J connectivity index is 2.28. The van der Waals surface area contributed by atoms with Crippen LogP contribution in [-0.4, -0.2) is 28.6 Å². The first-order valence-electron chi connectivity index (χ1n) is 5.90. The maximum Gasteiger partial charge on any atom is 0.225 e. The molecule has 0 saturated heterocycles. The van der Waals surface area contributed by atoms with Gasteiger partial charge in [-0.1, -0.05) is 19.1 Å². The molecule has 18 heavy (non-hydrogen) atoms. The third-order valence-corrected chi connectivity index (χ3v) is 3.66. The van der Waals surface area contributed by atoms with E-state index in [1.54, 1.807) is 23.9 Å². The van der Waals surface area contributed by atoms with Crippen LogP contribution in [-0.2, 0) is 4.79 Å². The minimum absolute atomic E-state index is 0.162. The molecule has 1 rings (SSSR count). The summed E-state index contributed by atoms with van der Waals surface area (Å²) in [5, 5.41) is 11.6. The van der Waals surface area contributed by atoms with E-state index in [0.717, 1.165) is 6.42 Å². The topological polar surface area (TPSA) is 49.3 Å². The van der Waals surface area contributed by atoms with E-state index in [-0.39, 0.29) is 18.2 Å². The zero-order valence-corrected chi connectivity index (χ0v) is 11.2. The van der Waals surface area contributed by atoms with Crippen LogP contribution in [0.15, 0.2) is 24.3 Å². The number of thioether (sulfide) groups is 1. The monoisotopic (exact) mass is 271 g/mol. The Hall–Kier alpha value is -1.07. The number of benzene rings is 1. The van der Waals surface area contributed by atoms with Gasteiger partial charge in [-0.15, -0.1) is 0 Å². The molecule has 0 fully saturated rings. The standard InChI is InChI=1S/C13H18FNO2S/c1-10(6-8-16)18-9-7-13(17)15-12-5-3-2-4-11(12)14/h2-5,10,16H,6-9H2,1H3,(H,15,17). The molecule has 5 heteroatoms. The number of hydrogen-bond acceptors (Lipinski definition) is 3. The fraction of sp³-hybridized carbons (Fsp3) is 0.462. The number of carbonyl (C=O) groups is 1. The van der Waals surface area contributed by atoms with Crippen LogP contribution >= 0.6 is 11.8 Å². The zero-order chi connectivity index (χ0) is 13.4. The van der Waals surface area contributed by atoms with Gasteiger partial charge in [-0.2, -0.15) is 11.8 Å². The molecule has 0 spiro atoms. The molecular weight excluding hydrogens is 253 g/mol. The summed E-state index contributed by atoms with van der Waals surface area (Å²) in [7, 11) is 0. The first kappa shape index (κ1) is 15.0. The van der Waals surface area contributed by atoms with E-state index in [9.17, 15) is 9.18 Å². The highest BCUT2D eigenvalue weighted by Crippen LogP contribution is 2.16. The van der Waals surface area contributed by atoms with Gasteiger partial charge >= 0.3 is 0 Å². The number of rotatable bonds is 7. The van der Waals surface area contributed by atoms with Crippen molar-refractivity contribution in [3.8, 4) is 0 Å². The molecule has 0 aliphatic rings. The van der Waals surface area contributed by atoms with Crippen LogP contribution in [0.5, 0.6) is 0 Å². The van der Waals surface area contributed by atoms with Gasteiger partial charge in [-0.3, -0.25) is 4.79 Å². The van der Waals surface area contributed by atoms with Gasteiger partial charge in [0.1, 0.15) is 5.82 Å². The Morgan fingerprint density at radius 1 is 1.50 bits per heavy atom. The number of nitrogens with one attached hydrogen (secondary N) is 1. The predicted molar refractivity (Wildman–Crippen MR) is 73.3 cm³/mol.